The molecule has 0 radical (unpaired) electrons. The van der Waals surface area contributed by atoms with Crippen LogP contribution in [0, 0.1) is 11.8 Å². The second kappa shape index (κ2) is 4.08. The van der Waals surface area contributed by atoms with Gasteiger partial charge in [-0.2, -0.15) is 0 Å². The molecule has 0 aromatic rings. The van der Waals surface area contributed by atoms with Crippen LogP contribution in [0.15, 0.2) is 11.6 Å². The zero-order chi connectivity index (χ0) is 9.14. The molecule has 0 saturated heterocycles. The minimum atomic E-state index is -0.178. The maximum absolute atomic E-state index is 9.49. The minimum absolute atomic E-state index is 0.178. The Morgan fingerprint density at radius 2 is 2.25 bits per heavy atom. The average Bonchev–Trinajstić information content (AvgIpc) is 1.81. The Kier molecular flexibility index (Phi) is 3.33. The summed E-state index contributed by atoms with van der Waals surface area (Å²) in [4.78, 5) is 0. The van der Waals surface area contributed by atoms with E-state index in [0.29, 0.717) is 5.92 Å². The van der Waals surface area contributed by atoms with Crippen LogP contribution in [0.5, 0.6) is 0 Å². The van der Waals surface area contributed by atoms with Crippen molar-refractivity contribution in [1.29, 1.82) is 0 Å². The number of aliphatic hydroxyl groups excluding tert-OH is 1. The summed E-state index contributed by atoms with van der Waals surface area (Å²) < 4.78 is 0. The van der Waals surface area contributed by atoms with Gasteiger partial charge in [0.1, 0.15) is 0 Å². The topological polar surface area (TPSA) is 20.2 Å². The van der Waals surface area contributed by atoms with Crippen LogP contribution in [0.4, 0.5) is 0 Å². The van der Waals surface area contributed by atoms with Crippen molar-refractivity contribution in [2.75, 3.05) is 0 Å². The second-order valence-electron chi connectivity index (χ2n) is 4.52. The van der Waals surface area contributed by atoms with E-state index in [1.807, 2.05) is 6.08 Å². The van der Waals surface area contributed by atoms with E-state index in [-0.39, 0.29) is 6.10 Å². The first-order valence-corrected chi connectivity index (χ1v) is 4.93. The second-order valence-corrected chi connectivity index (χ2v) is 4.52. The quantitative estimate of drug-likeness (QED) is 0.629. The molecule has 0 heterocycles. The normalized spacial score (nSPS) is 30.6. The van der Waals surface area contributed by atoms with Crippen molar-refractivity contribution >= 4 is 0 Å². The first kappa shape index (κ1) is 9.79. The van der Waals surface area contributed by atoms with Gasteiger partial charge in [-0.05, 0) is 38.0 Å². The third-order valence-electron chi connectivity index (χ3n) is 2.47. The van der Waals surface area contributed by atoms with Gasteiger partial charge in [0.15, 0.2) is 0 Å². The average molecular weight is 168 g/mol. The molecule has 12 heavy (non-hydrogen) atoms. The molecule has 0 aliphatic heterocycles. The molecule has 1 nitrogen and oxygen atoms in total. The largest absolute Gasteiger partial charge is 0.389 e. The number of hydrogen-bond donors (Lipinski definition) is 1. The third-order valence-corrected chi connectivity index (χ3v) is 2.47. The molecular weight excluding hydrogens is 148 g/mol. The van der Waals surface area contributed by atoms with Crippen molar-refractivity contribution in [3.8, 4) is 0 Å². The minimum Gasteiger partial charge on any atom is -0.389 e. The van der Waals surface area contributed by atoms with Gasteiger partial charge in [-0.1, -0.05) is 25.5 Å². The zero-order valence-electron chi connectivity index (χ0n) is 8.38. The summed E-state index contributed by atoms with van der Waals surface area (Å²) >= 11 is 0. The Balaban J connectivity index is 2.44. The standard InChI is InChI=1S/C11H20O/c1-8(2)4-10-5-9(3)6-11(12)7-10/h6,8,10-12H,4-5,7H2,1-3H3. The van der Waals surface area contributed by atoms with Crippen LogP contribution in [0.3, 0.4) is 0 Å². The summed E-state index contributed by atoms with van der Waals surface area (Å²) in [6, 6.07) is 0. The van der Waals surface area contributed by atoms with Crippen LogP contribution in [-0.4, -0.2) is 11.2 Å². The summed E-state index contributed by atoms with van der Waals surface area (Å²) in [5.74, 6) is 1.47. The van der Waals surface area contributed by atoms with Crippen LogP contribution in [0.2, 0.25) is 0 Å². The van der Waals surface area contributed by atoms with Crippen molar-refractivity contribution in [2.45, 2.75) is 46.1 Å². The van der Waals surface area contributed by atoms with Crippen LogP contribution in [0.1, 0.15) is 40.0 Å². The van der Waals surface area contributed by atoms with Crippen molar-refractivity contribution in [3.63, 3.8) is 0 Å². The lowest BCUT2D eigenvalue weighted by Crippen LogP contribution is -2.18. The predicted octanol–water partition coefficient (Wildman–Crippen LogP) is 2.75. The van der Waals surface area contributed by atoms with Crippen molar-refractivity contribution in [2.24, 2.45) is 11.8 Å². The highest BCUT2D eigenvalue weighted by Gasteiger charge is 2.19. The van der Waals surface area contributed by atoms with Crippen molar-refractivity contribution in [1.82, 2.24) is 0 Å². The molecule has 0 bridgehead atoms. The van der Waals surface area contributed by atoms with E-state index in [9.17, 15) is 5.11 Å². The number of rotatable bonds is 2. The molecule has 0 amide bonds. The smallest absolute Gasteiger partial charge is 0.0726 e. The first-order chi connectivity index (χ1) is 5.58. The van der Waals surface area contributed by atoms with Gasteiger partial charge in [-0.25, -0.2) is 0 Å². The Morgan fingerprint density at radius 1 is 1.58 bits per heavy atom. The van der Waals surface area contributed by atoms with Crippen LogP contribution in [-0.2, 0) is 0 Å². The van der Waals surface area contributed by atoms with E-state index in [0.717, 1.165) is 12.3 Å². The highest BCUT2D eigenvalue weighted by Crippen LogP contribution is 2.28. The van der Waals surface area contributed by atoms with Crippen molar-refractivity contribution < 1.29 is 5.11 Å². The van der Waals surface area contributed by atoms with Gasteiger partial charge in [0.25, 0.3) is 0 Å². The van der Waals surface area contributed by atoms with Gasteiger partial charge < -0.3 is 5.11 Å². The predicted molar refractivity (Wildman–Crippen MR) is 51.9 cm³/mol. The van der Waals surface area contributed by atoms with Gasteiger partial charge in [0.2, 0.25) is 0 Å². The lowest BCUT2D eigenvalue weighted by molar-refractivity contribution is 0.166. The molecule has 1 aliphatic rings. The van der Waals surface area contributed by atoms with Crippen LogP contribution >= 0.6 is 0 Å². The van der Waals surface area contributed by atoms with Gasteiger partial charge in [0, 0.05) is 0 Å². The molecule has 70 valence electrons. The molecule has 1 heteroatoms. The van der Waals surface area contributed by atoms with E-state index in [1.165, 1.54) is 18.4 Å². The highest BCUT2D eigenvalue weighted by atomic mass is 16.3. The Hall–Kier alpha value is -0.300. The van der Waals surface area contributed by atoms with Gasteiger partial charge in [0.05, 0.1) is 6.10 Å². The maximum Gasteiger partial charge on any atom is 0.0726 e. The van der Waals surface area contributed by atoms with E-state index in [4.69, 9.17) is 0 Å². The fourth-order valence-electron chi connectivity index (χ4n) is 2.19. The Labute approximate surface area is 75.5 Å². The molecule has 0 spiro atoms. The number of allylic oxidation sites excluding steroid dienone is 1. The lowest BCUT2D eigenvalue weighted by Gasteiger charge is -2.25. The van der Waals surface area contributed by atoms with Gasteiger partial charge >= 0.3 is 0 Å². The van der Waals surface area contributed by atoms with Gasteiger partial charge in [-0.3, -0.25) is 0 Å². The molecule has 1 rings (SSSR count). The molecule has 1 aliphatic carbocycles. The lowest BCUT2D eigenvalue weighted by atomic mass is 9.83. The third kappa shape index (κ3) is 2.98. The summed E-state index contributed by atoms with van der Waals surface area (Å²) in [6.07, 6.45) is 5.23. The molecular formula is C11H20O. The number of aliphatic hydroxyl groups is 1. The number of hydrogen-bond acceptors (Lipinski definition) is 1. The summed E-state index contributed by atoms with van der Waals surface area (Å²) in [5, 5.41) is 9.49. The summed E-state index contributed by atoms with van der Waals surface area (Å²) in [7, 11) is 0. The Morgan fingerprint density at radius 3 is 2.75 bits per heavy atom. The van der Waals surface area contributed by atoms with Crippen LogP contribution in [0.25, 0.3) is 0 Å². The molecule has 0 aromatic heterocycles. The van der Waals surface area contributed by atoms with Gasteiger partial charge in [-0.15, -0.1) is 0 Å². The summed E-state index contributed by atoms with van der Waals surface area (Å²) in [6.45, 7) is 6.62. The maximum atomic E-state index is 9.49. The molecule has 0 aromatic carbocycles. The van der Waals surface area contributed by atoms with E-state index < -0.39 is 0 Å². The fraction of sp³-hybridized carbons (Fsp3) is 0.818. The monoisotopic (exact) mass is 168 g/mol. The van der Waals surface area contributed by atoms with E-state index in [2.05, 4.69) is 20.8 Å². The van der Waals surface area contributed by atoms with E-state index in [1.54, 1.807) is 0 Å². The molecule has 0 fully saturated rings. The molecule has 2 unspecified atom stereocenters. The fourth-order valence-corrected chi connectivity index (χ4v) is 2.19. The first-order valence-electron chi connectivity index (χ1n) is 4.93. The molecule has 0 saturated carbocycles. The van der Waals surface area contributed by atoms with E-state index >= 15 is 0 Å². The zero-order valence-corrected chi connectivity index (χ0v) is 8.38. The Bertz CT molecular complexity index is 170. The molecule has 2 atom stereocenters. The SMILES string of the molecule is CC1=CC(O)CC(CC(C)C)C1. The highest BCUT2D eigenvalue weighted by molar-refractivity contribution is 5.07. The van der Waals surface area contributed by atoms with Crippen molar-refractivity contribution in [3.05, 3.63) is 11.6 Å². The molecule has 1 N–H and O–H groups in total. The van der Waals surface area contributed by atoms with Crippen LogP contribution < -0.4 is 0 Å². The summed E-state index contributed by atoms with van der Waals surface area (Å²) in [5.41, 5.74) is 1.36.